The Morgan fingerprint density at radius 3 is 1.75 bits per heavy atom. The van der Waals surface area contributed by atoms with Gasteiger partial charge < -0.3 is 5.21 Å². The van der Waals surface area contributed by atoms with Crippen molar-refractivity contribution in [1.82, 2.24) is 0 Å². The van der Waals surface area contributed by atoms with Gasteiger partial charge in [-0.05, 0) is 13.8 Å². The van der Waals surface area contributed by atoms with Crippen molar-refractivity contribution >= 4 is 0 Å². The van der Waals surface area contributed by atoms with Crippen LogP contribution in [0.5, 0.6) is 0 Å². The van der Waals surface area contributed by atoms with Crippen LogP contribution in [0.4, 0.5) is 0 Å². The van der Waals surface area contributed by atoms with Crippen LogP contribution in [0.2, 0.25) is 0 Å². The van der Waals surface area contributed by atoms with Crippen molar-refractivity contribution < 1.29 is 10.3 Å². The lowest BCUT2D eigenvalue weighted by atomic mass is 10.4. The first kappa shape index (κ1) is 10.0. The second-order valence-electron chi connectivity index (χ2n) is 1.44. The summed E-state index contributed by atoms with van der Waals surface area (Å²) in [5.74, 6) is 0. The van der Waals surface area contributed by atoms with Crippen molar-refractivity contribution in [2.75, 3.05) is 0 Å². The molecule has 0 atom stereocenters. The second kappa shape index (κ2) is 5.94. The van der Waals surface area contributed by atoms with E-state index in [4.69, 9.17) is 15.3 Å². The van der Waals surface area contributed by atoms with Gasteiger partial charge in [0.2, 0.25) is 0 Å². The topological polar surface area (TPSA) is 63.4 Å². The zero-order chi connectivity index (χ0) is 7.15. The lowest BCUT2D eigenvalue weighted by Crippen LogP contribution is -1.81. The van der Waals surface area contributed by atoms with Crippen LogP contribution >= 0.6 is 0 Å². The minimum atomic E-state index is -1.50. The van der Waals surface area contributed by atoms with Crippen molar-refractivity contribution in [2.24, 2.45) is 0 Å². The minimum absolute atomic E-state index is 1.17. The van der Waals surface area contributed by atoms with Gasteiger partial charge in [-0.15, -0.1) is 16.7 Å². The molecule has 0 heterocycles. The molecule has 4 nitrogen and oxygen atoms in total. The fourth-order valence-electron chi connectivity index (χ4n) is 0. The third-order valence-electron chi connectivity index (χ3n) is 0. The highest BCUT2D eigenvalue weighted by Gasteiger charge is 1.65. The Morgan fingerprint density at radius 2 is 1.75 bits per heavy atom. The molecule has 0 fully saturated rings. The lowest BCUT2D eigenvalue weighted by molar-refractivity contribution is -0.742. The number of allylic oxidation sites excluding steroid dienone is 1. The molecule has 0 unspecified atom stereocenters. The summed E-state index contributed by atoms with van der Waals surface area (Å²) in [6.45, 7) is 7.50. The molecule has 1 N–H and O–H groups in total. The van der Waals surface area contributed by atoms with E-state index < -0.39 is 5.09 Å². The summed E-state index contributed by atoms with van der Waals surface area (Å²) in [7, 11) is 0. The summed E-state index contributed by atoms with van der Waals surface area (Å²) in [4.78, 5) is 8.36. The average molecular weight is 119 g/mol. The van der Waals surface area contributed by atoms with Crippen LogP contribution in [0.3, 0.4) is 0 Å². The van der Waals surface area contributed by atoms with Gasteiger partial charge in [-0.25, -0.2) is 0 Å². The normalized spacial score (nSPS) is 6.25. The first-order valence-corrected chi connectivity index (χ1v) is 1.92. The van der Waals surface area contributed by atoms with Crippen LogP contribution in [-0.2, 0) is 0 Å². The molecule has 8 heavy (non-hydrogen) atoms. The summed E-state index contributed by atoms with van der Waals surface area (Å²) in [6.07, 6.45) is 0. The van der Waals surface area contributed by atoms with Gasteiger partial charge in [0, 0.05) is 0 Å². The molecule has 0 radical (unpaired) electrons. The van der Waals surface area contributed by atoms with E-state index in [1.807, 2.05) is 13.8 Å². The predicted molar refractivity (Wildman–Crippen MR) is 29.3 cm³/mol. The summed E-state index contributed by atoms with van der Waals surface area (Å²) in [5, 5.41) is 13.6. The number of hydrogen-bond donors (Lipinski definition) is 1. The molecular weight excluding hydrogens is 110 g/mol. The van der Waals surface area contributed by atoms with Crippen molar-refractivity contribution in [3.05, 3.63) is 22.3 Å². The van der Waals surface area contributed by atoms with Gasteiger partial charge in [-0.3, -0.25) is 0 Å². The van der Waals surface area contributed by atoms with Gasteiger partial charge >= 0.3 is 0 Å². The fraction of sp³-hybridized carbons (Fsp3) is 0.500. The van der Waals surface area contributed by atoms with Gasteiger partial charge in [0.25, 0.3) is 5.09 Å². The summed E-state index contributed by atoms with van der Waals surface area (Å²) < 4.78 is 0. The van der Waals surface area contributed by atoms with Crippen LogP contribution in [0.1, 0.15) is 13.8 Å². The highest BCUT2D eigenvalue weighted by atomic mass is 16.9. The standard InChI is InChI=1S/C4H8.HNO3/c1-4(2)3;2-1(3)4/h1H2,2-3H3;(H,2,3,4). The Labute approximate surface area is 47.6 Å². The molecule has 0 aromatic rings. The molecule has 0 saturated heterocycles. The molecule has 0 bridgehead atoms. The summed E-state index contributed by atoms with van der Waals surface area (Å²) in [6, 6.07) is 0. The maximum atomic E-state index is 8.36. The Balaban J connectivity index is 0. The predicted octanol–water partition coefficient (Wildman–Crippen LogP) is 1.23. The van der Waals surface area contributed by atoms with Crippen molar-refractivity contribution in [2.45, 2.75) is 13.8 Å². The smallest absolute Gasteiger partial charge is 0.291 e. The first-order valence-electron chi connectivity index (χ1n) is 1.92. The highest BCUT2D eigenvalue weighted by molar-refractivity contribution is 4.78. The summed E-state index contributed by atoms with van der Waals surface area (Å²) in [5.41, 5.74) is 1.17. The zero-order valence-corrected chi connectivity index (χ0v) is 4.92. The highest BCUT2D eigenvalue weighted by Crippen LogP contribution is 1.73. The zero-order valence-electron chi connectivity index (χ0n) is 4.92. The van der Waals surface area contributed by atoms with Crippen LogP contribution in [-0.4, -0.2) is 10.3 Å². The molecule has 0 aliphatic heterocycles. The first-order chi connectivity index (χ1) is 3.46. The maximum Gasteiger partial charge on any atom is 0.291 e. The molecule has 0 rings (SSSR count). The SMILES string of the molecule is C=C(C)C.O=[N+]([O-])O. The fourth-order valence-corrected chi connectivity index (χ4v) is 0. The van der Waals surface area contributed by atoms with Gasteiger partial charge in [-0.1, -0.05) is 5.57 Å². The van der Waals surface area contributed by atoms with Gasteiger partial charge in [0.1, 0.15) is 0 Å². The molecule has 0 aliphatic rings. The molecule has 48 valence electrons. The van der Waals surface area contributed by atoms with E-state index in [1.165, 1.54) is 5.57 Å². The quantitative estimate of drug-likeness (QED) is 0.296. The number of hydrogen-bond acceptors (Lipinski definition) is 2. The maximum absolute atomic E-state index is 8.36. The molecule has 0 aliphatic carbocycles. The molecule has 0 amide bonds. The molecule has 4 heteroatoms. The van der Waals surface area contributed by atoms with Crippen LogP contribution in [0.15, 0.2) is 12.2 Å². The van der Waals surface area contributed by atoms with Gasteiger partial charge in [0.05, 0.1) is 0 Å². The average Bonchev–Trinajstić information content (AvgIpc) is 1.25. The van der Waals surface area contributed by atoms with Crippen molar-refractivity contribution in [3.63, 3.8) is 0 Å². The largest absolute Gasteiger partial charge is 0.328 e. The second-order valence-corrected chi connectivity index (χ2v) is 1.44. The third-order valence-corrected chi connectivity index (χ3v) is 0. The molecule has 0 spiro atoms. The van der Waals surface area contributed by atoms with E-state index in [9.17, 15) is 0 Å². The number of nitrogens with zero attached hydrogens (tertiary/aromatic N) is 1. The molecular formula is C4H9NO3. The molecule has 0 saturated carbocycles. The van der Waals surface area contributed by atoms with Gasteiger partial charge in [0.15, 0.2) is 0 Å². The Morgan fingerprint density at radius 1 is 1.75 bits per heavy atom. The van der Waals surface area contributed by atoms with E-state index in [0.29, 0.717) is 0 Å². The molecule has 0 aromatic carbocycles. The van der Waals surface area contributed by atoms with E-state index in [0.717, 1.165) is 0 Å². The van der Waals surface area contributed by atoms with Crippen LogP contribution in [0.25, 0.3) is 0 Å². The van der Waals surface area contributed by atoms with Crippen LogP contribution in [0, 0.1) is 10.1 Å². The number of rotatable bonds is 0. The van der Waals surface area contributed by atoms with E-state index in [-0.39, 0.29) is 0 Å². The van der Waals surface area contributed by atoms with Crippen molar-refractivity contribution in [3.8, 4) is 0 Å². The monoisotopic (exact) mass is 119 g/mol. The van der Waals surface area contributed by atoms with Gasteiger partial charge in [-0.2, -0.15) is 0 Å². The van der Waals surface area contributed by atoms with Crippen molar-refractivity contribution in [1.29, 1.82) is 0 Å². The lowest BCUT2D eigenvalue weighted by Gasteiger charge is -1.65. The van der Waals surface area contributed by atoms with E-state index in [2.05, 4.69) is 6.58 Å². The van der Waals surface area contributed by atoms with E-state index >= 15 is 0 Å². The third kappa shape index (κ3) is 68.3. The van der Waals surface area contributed by atoms with Crippen LogP contribution < -0.4 is 0 Å². The Hall–Kier alpha value is -1.06. The minimum Gasteiger partial charge on any atom is -0.328 e. The Bertz CT molecular complexity index is 69.3. The molecule has 0 aromatic heterocycles. The van der Waals surface area contributed by atoms with E-state index in [1.54, 1.807) is 0 Å². The summed E-state index contributed by atoms with van der Waals surface area (Å²) >= 11 is 0. The Kier molecular flexibility index (Phi) is 7.45.